The second-order valence-electron chi connectivity index (χ2n) is 6.52. The van der Waals surface area contributed by atoms with E-state index in [0.717, 1.165) is 34.5 Å². The third-order valence-corrected chi connectivity index (χ3v) is 6.11. The molecular weight excluding hydrogens is 392 g/mol. The third kappa shape index (κ3) is 4.77. The Morgan fingerprint density at radius 1 is 1.14 bits per heavy atom. The van der Waals surface area contributed by atoms with E-state index in [0.29, 0.717) is 11.0 Å². The summed E-state index contributed by atoms with van der Waals surface area (Å²) >= 11 is 2.75. The second kappa shape index (κ2) is 9.29. The van der Waals surface area contributed by atoms with Gasteiger partial charge in [-0.2, -0.15) is 0 Å². The lowest BCUT2D eigenvalue weighted by molar-refractivity contribution is -0.113. The molecule has 1 amide bonds. The van der Waals surface area contributed by atoms with Crippen LogP contribution >= 0.6 is 23.1 Å². The van der Waals surface area contributed by atoms with Gasteiger partial charge in [0.05, 0.1) is 5.75 Å². The number of thioether (sulfide) groups is 1. The molecule has 0 atom stereocenters. The fourth-order valence-electron chi connectivity index (χ4n) is 2.69. The maximum Gasteiger partial charge on any atom is 0.236 e. The molecule has 1 N–H and O–H groups in total. The normalized spacial score (nSPS) is 11.2. The molecule has 1 aromatic carbocycles. The number of aryl methyl sites for hydroxylation is 1. The van der Waals surface area contributed by atoms with Crippen LogP contribution in [0.2, 0.25) is 0 Å². The van der Waals surface area contributed by atoms with Crippen LogP contribution in [0.4, 0.5) is 5.13 Å². The first-order chi connectivity index (χ1) is 13.5. The number of aromatic nitrogens is 5. The van der Waals surface area contributed by atoms with E-state index >= 15 is 0 Å². The van der Waals surface area contributed by atoms with E-state index in [1.165, 1.54) is 28.7 Å². The Labute approximate surface area is 173 Å². The molecule has 2 heterocycles. The van der Waals surface area contributed by atoms with Crippen LogP contribution < -0.4 is 5.32 Å². The molecule has 0 saturated carbocycles. The first-order valence-electron chi connectivity index (χ1n) is 9.30. The number of amides is 1. The van der Waals surface area contributed by atoms with Crippen molar-refractivity contribution in [1.82, 2.24) is 25.0 Å². The maximum atomic E-state index is 12.3. The minimum absolute atomic E-state index is 0.133. The fraction of sp³-hybridized carbons (Fsp3) is 0.421. The highest BCUT2D eigenvalue weighted by Gasteiger charge is 2.14. The molecule has 7 nitrogen and oxygen atoms in total. The largest absolute Gasteiger partial charge is 0.306 e. The maximum absolute atomic E-state index is 12.3. The van der Waals surface area contributed by atoms with Crippen molar-refractivity contribution < 1.29 is 4.79 Å². The monoisotopic (exact) mass is 416 g/mol. The SMILES string of the molecule is CCc1nnc(SCC(=O)Nc2nnc(-c3ccc(C(C)C)cc3)s2)n1CC. The molecule has 148 valence electrons. The lowest BCUT2D eigenvalue weighted by atomic mass is 10.0. The Morgan fingerprint density at radius 3 is 2.54 bits per heavy atom. The van der Waals surface area contributed by atoms with Crippen LogP contribution in [0, 0.1) is 0 Å². The molecule has 3 aromatic rings. The van der Waals surface area contributed by atoms with Crippen molar-refractivity contribution in [1.29, 1.82) is 0 Å². The number of hydrogen-bond acceptors (Lipinski definition) is 7. The van der Waals surface area contributed by atoms with E-state index in [-0.39, 0.29) is 11.7 Å². The molecule has 28 heavy (non-hydrogen) atoms. The number of nitrogens with zero attached hydrogens (tertiary/aromatic N) is 5. The molecule has 0 unspecified atom stereocenters. The van der Waals surface area contributed by atoms with Crippen molar-refractivity contribution in [3.05, 3.63) is 35.7 Å². The topological polar surface area (TPSA) is 85.6 Å². The van der Waals surface area contributed by atoms with Crippen LogP contribution in [-0.2, 0) is 17.8 Å². The minimum atomic E-state index is -0.133. The summed E-state index contributed by atoms with van der Waals surface area (Å²) in [7, 11) is 0. The van der Waals surface area contributed by atoms with E-state index in [1.54, 1.807) is 0 Å². The van der Waals surface area contributed by atoms with Crippen LogP contribution in [0.15, 0.2) is 29.4 Å². The summed E-state index contributed by atoms with van der Waals surface area (Å²) in [5, 5.41) is 21.5. The van der Waals surface area contributed by atoms with E-state index < -0.39 is 0 Å². The number of hydrogen-bond donors (Lipinski definition) is 1. The quantitative estimate of drug-likeness (QED) is 0.553. The average Bonchev–Trinajstić information content (AvgIpc) is 3.32. The Bertz CT molecular complexity index is 932. The summed E-state index contributed by atoms with van der Waals surface area (Å²) in [6.45, 7) is 9.20. The zero-order valence-corrected chi connectivity index (χ0v) is 18.1. The molecule has 9 heteroatoms. The summed E-state index contributed by atoms with van der Waals surface area (Å²) in [4.78, 5) is 12.3. The predicted octanol–water partition coefficient (Wildman–Crippen LogP) is 4.23. The number of nitrogens with one attached hydrogen (secondary N) is 1. The average molecular weight is 417 g/mol. The Morgan fingerprint density at radius 2 is 1.89 bits per heavy atom. The van der Waals surface area contributed by atoms with Gasteiger partial charge >= 0.3 is 0 Å². The van der Waals surface area contributed by atoms with Gasteiger partial charge in [-0.1, -0.05) is 68.1 Å². The van der Waals surface area contributed by atoms with Gasteiger partial charge in [-0.05, 0) is 18.4 Å². The molecule has 0 aliphatic heterocycles. The molecular formula is C19H24N6OS2. The highest BCUT2D eigenvalue weighted by atomic mass is 32.2. The minimum Gasteiger partial charge on any atom is -0.306 e. The van der Waals surface area contributed by atoms with Crippen molar-refractivity contribution in [3.8, 4) is 10.6 Å². The van der Waals surface area contributed by atoms with E-state index in [9.17, 15) is 4.79 Å². The number of rotatable bonds is 8. The van der Waals surface area contributed by atoms with Crippen LogP contribution in [0.5, 0.6) is 0 Å². The van der Waals surface area contributed by atoms with Gasteiger partial charge in [0, 0.05) is 18.5 Å². The summed E-state index contributed by atoms with van der Waals surface area (Å²) in [5.41, 5.74) is 2.28. The van der Waals surface area contributed by atoms with Crippen LogP contribution in [-0.4, -0.2) is 36.6 Å². The van der Waals surface area contributed by atoms with Gasteiger partial charge in [-0.15, -0.1) is 20.4 Å². The summed E-state index contributed by atoms with van der Waals surface area (Å²) < 4.78 is 2.03. The lowest BCUT2D eigenvalue weighted by Gasteiger charge is -2.05. The van der Waals surface area contributed by atoms with Crippen molar-refractivity contribution in [3.63, 3.8) is 0 Å². The van der Waals surface area contributed by atoms with Gasteiger partial charge in [0.2, 0.25) is 11.0 Å². The number of carbonyl (C=O) groups is 1. The van der Waals surface area contributed by atoms with E-state index in [2.05, 4.69) is 51.7 Å². The van der Waals surface area contributed by atoms with Gasteiger partial charge in [0.15, 0.2) is 5.16 Å². The number of benzene rings is 1. The molecule has 0 aliphatic carbocycles. The van der Waals surface area contributed by atoms with Crippen LogP contribution in [0.3, 0.4) is 0 Å². The van der Waals surface area contributed by atoms with Crippen molar-refractivity contribution in [2.75, 3.05) is 11.1 Å². The van der Waals surface area contributed by atoms with E-state index in [1.807, 2.05) is 30.5 Å². The van der Waals surface area contributed by atoms with Crippen molar-refractivity contribution in [2.24, 2.45) is 0 Å². The summed E-state index contributed by atoms with van der Waals surface area (Å²) in [6.07, 6.45) is 0.819. The standard InChI is InChI=1S/C19H24N6OS2/c1-5-15-21-24-19(25(15)6-2)27-11-16(26)20-18-23-22-17(28-18)14-9-7-13(8-10-14)12(3)4/h7-10,12H,5-6,11H2,1-4H3,(H,20,23,26). The van der Waals surface area contributed by atoms with Gasteiger partial charge in [0.1, 0.15) is 10.8 Å². The molecule has 0 spiro atoms. The van der Waals surface area contributed by atoms with E-state index in [4.69, 9.17) is 0 Å². The zero-order chi connectivity index (χ0) is 20.1. The highest BCUT2D eigenvalue weighted by molar-refractivity contribution is 7.99. The second-order valence-corrected chi connectivity index (χ2v) is 8.44. The highest BCUT2D eigenvalue weighted by Crippen LogP contribution is 2.28. The Kier molecular flexibility index (Phi) is 6.79. The summed E-state index contributed by atoms with van der Waals surface area (Å²) in [5.74, 6) is 1.54. The first kappa shape index (κ1) is 20.5. The van der Waals surface area contributed by atoms with Gasteiger partial charge < -0.3 is 4.57 Å². The van der Waals surface area contributed by atoms with Gasteiger partial charge in [-0.25, -0.2) is 0 Å². The van der Waals surface area contributed by atoms with Gasteiger partial charge in [0.25, 0.3) is 0 Å². The molecule has 2 aromatic heterocycles. The number of carbonyl (C=O) groups excluding carboxylic acids is 1. The molecule has 0 radical (unpaired) electrons. The molecule has 0 bridgehead atoms. The smallest absolute Gasteiger partial charge is 0.236 e. The number of anilines is 1. The van der Waals surface area contributed by atoms with Crippen LogP contribution in [0.1, 0.15) is 45.0 Å². The lowest BCUT2D eigenvalue weighted by Crippen LogP contribution is -2.14. The summed E-state index contributed by atoms with van der Waals surface area (Å²) in [6, 6.07) is 8.29. The first-order valence-corrected chi connectivity index (χ1v) is 11.1. The molecule has 0 fully saturated rings. The molecule has 0 aliphatic rings. The Balaban J connectivity index is 1.59. The van der Waals surface area contributed by atoms with Crippen LogP contribution in [0.25, 0.3) is 10.6 Å². The predicted molar refractivity (Wildman–Crippen MR) is 114 cm³/mol. The Hall–Kier alpha value is -2.26. The van der Waals surface area contributed by atoms with Crippen molar-refractivity contribution in [2.45, 2.75) is 51.7 Å². The van der Waals surface area contributed by atoms with Crippen molar-refractivity contribution >= 4 is 34.1 Å². The molecule has 3 rings (SSSR count). The zero-order valence-electron chi connectivity index (χ0n) is 16.5. The van der Waals surface area contributed by atoms with Gasteiger partial charge in [-0.3, -0.25) is 10.1 Å². The molecule has 0 saturated heterocycles. The fourth-order valence-corrected chi connectivity index (χ4v) is 4.28. The third-order valence-electron chi connectivity index (χ3n) is 4.25.